The van der Waals surface area contributed by atoms with Gasteiger partial charge < -0.3 is 25.4 Å². The van der Waals surface area contributed by atoms with Crippen molar-refractivity contribution in [1.82, 2.24) is 14.7 Å². The van der Waals surface area contributed by atoms with Crippen LogP contribution in [0, 0.1) is 5.41 Å². The monoisotopic (exact) mass is 542 g/mol. The van der Waals surface area contributed by atoms with E-state index in [-0.39, 0.29) is 18.1 Å². The van der Waals surface area contributed by atoms with E-state index in [4.69, 9.17) is 9.72 Å². The van der Waals surface area contributed by atoms with Gasteiger partial charge in [0.05, 0.1) is 18.3 Å². The van der Waals surface area contributed by atoms with Gasteiger partial charge in [-0.1, -0.05) is 6.07 Å². The summed E-state index contributed by atoms with van der Waals surface area (Å²) in [5, 5.41) is 16.0. The Balaban J connectivity index is 1.55. The smallest absolute Gasteiger partial charge is 0.278 e. The molecule has 0 atom stereocenters. The van der Waals surface area contributed by atoms with Crippen molar-refractivity contribution < 1.29 is 14.6 Å². The van der Waals surface area contributed by atoms with Gasteiger partial charge in [0.15, 0.2) is 11.5 Å². The molecule has 9 nitrogen and oxygen atoms in total. The first-order valence-electron chi connectivity index (χ1n) is 13.4. The first kappa shape index (κ1) is 28.6. The predicted molar refractivity (Wildman–Crippen MR) is 154 cm³/mol. The molecule has 4 rings (SSSR count). The van der Waals surface area contributed by atoms with Crippen molar-refractivity contribution in [3.63, 3.8) is 0 Å². The van der Waals surface area contributed by atoms with E-state index >= 15 is 0 Å². The average Bonchev–Trinajstić information content (AvgIpc) is 2.88. The van der Waals surface area contributed by atoms with Gasteiger partial charge in [-0.2, -0.15) is 0 Å². The molecule has 2 fully saturated rings. The van der Waals surface area contributed by atoms with E-state index in [0.717, 1.165) is 56.9 Å². The molecule has 38 heavy (non-hydrogen) atoms. The second-order valence-electron chi connectivity index (χ2n) is 12.1. The number of benzene rings is 1. The third kappa shape index (κ3) is 7.59. The summed E-state index contributed by atoms with van der Waals surface area (Å²) < 4.78 is 9.00. The van der Waals surface area contributed by atoms with Crippen LogP contribution in [0.5, 0.6) is 0 Å². The second kappa shape index (κ2) is 11.8. The van der Waals surface area contributed by atoms with Crippen LogP contribution in [-0.4, -0.2) is 65.0 Å². The Morgan fingerprint density at radius 3 is 2.50 bits per heavy atom. The summed E-state index contributed by atoms with van der Waals surface area (Å²) in [5.74, 6) is 0.814. The number of nitrogens with one attached hydrogen (secondary N) is 3. The minimum atomic E-state index is -0.566. The van der Waals surface area contributed by atoms with Gasteiger partial charge in [-0.15, -0.1) is 0 Å². The minimum Gasteiger partial charge on any atom is -0.394 e. The van der Waals surface area contributed by atoms with E-state index in [1.54, 1.807) is 6.20 Å². The molecule has 1 aromatic carbocycles. The molecule has 4 N–H and O–H groups in total. The average molecular weight is 543 g/mol. The number of amides is 1. The van der Waals surface area contributed by atoms with Crippen molar-refractivity contribution >= 4 is 35.2 Å². The number of nitrogens with zero attached hydrogens (tertiary/aromatic N) is 3. The molecule has 0 aliphatic carbocycles. The van der Waals surface area contributed by atoms with Crippen LogP contribution in [-0.2, 0) is 4.74 Å². The molecule has 2 saturated heterocycles. The lowest BCUT2D eigenvalue weighted by molar-refractivity contribution is 0.00205. The number of hydrogen-bond donors (Lipinski definition) is 4. The SMILES string of the molecule is CC(C)(C)NSc1cccc(NC(=O)c2ncc(NC(C)(C)CO)nc2N2CCC3(CCOCC3)CC2)c1. The molecule has 0 unspecified atom stereocenters. The Bertz CT molecular complexity index is 1100. The van der Waals surface area contributed by atoms with E-state index in [1.807, 2.05) is 38.1 Å². The van der Waals surface area contributed by atoms with Crippen LogP contribution < -0.4 is 20.3 Å². The molecule has 2 aromatic rings. The van der Waals surface area contributed by atoms with Crippen LogP contribution in [0.3, 0.4) is 0 Å². The summed E-state index contributed by atoms with van der Waals surface area (Å²) in [7, 11) is 0. The van der Waals surface area contributed by atoms with Gasteiger partial charge >= 0.3 is 0 Å². The fourth-order valence-corrected chi connectivity index (χ4v) is 5.50. The Morgan fingerprint density at radius 1 is 1.13 bits per heavy atom. The van der Waals surface area contributed by atoms with Gasteiger partial charge in [0.2, 0.25) is 0 Å². The van der Waals surface area contributed by atoms with E-state index in [9.17, 15) is 9.90 Å². The van der Waals surface area contributed by atoms with Crippen LogP contribution >= 0.6 is 11.9 Å². The Labute approximate surface area is 230 Å². The molecule has 3 heterocycles. The fraction of sp³-hybridized carbons (Fsp3) is 0.607. The molecule has 1 amide bonds. The summed E-state index contributed by atoms with van der Waals surface area (Å²) in [6, 6.07) is 7.76. The fourth-order valence-electron chi connectivity index (χ4n) is 4.74. The maximum absolute atomic E-state index is 13.5. The number of aromatic nitrogens is 2. The van der Waals surface area contributed by atoms with Crippen molar-refractivity contribution in [2.45, 2.75) is 76.3 Å². The number of hydrogen-bond acceptors (Lipinski definition) is 9. The maximum atomic E-state index is 13.5. The van der Waals surface area contributed by atoms with E-state index in [1.165, 1.54) is 11.9 Å². The Morgan fingerprint density at radius 2 is 1.84 bits per heavy atom. The molecule has 1 spiro atoms. The van der Waals surface area contributed by atoms with Crippen molar-refractivity contribution in [3.05, 3.63) is 36.2 Å². The first-order valence-corrected chi connectivity index (χ1v) is 14.2. The summed E-state index contributed by atoms with van der Waals surface area (Å²) in [5.41, 5.74) is 0.714. The van der Waals surface area contributed by atoms with Gasteiger partial charge in [-0.3, -0.25) is 9.52 Å². The molecule has 208 valence electrons. The Kier molecular flexibility index (Phi) is 8.86. The predicted octanol–water partition coefficient (Wildman–Crippen LogP) is 4.70. The van der Waals surface area contributed by atoms with Crippen LogP contribution in [0.2, 0.25) is 0 Å². The molecule has 0 saturated carbocycles. The highest BCUT2D eigenvalue weighted by molar-refractivity contribution is 7.97. The topological polar surface area (TPSA) is 112 Å². The highest BCUT2D eigenvalue weighted by Crippen LogP contribution is 2.41. The van der Waals surface area contributed by atoms with Crippen molar-refractivity contribution in [3.8, 4) is 0 Å². The molecule has 0 bridgehead atoms. The van der Waals surface area contributed by atoms with E-state index in [0.29, 0.717) is 28.4 Å². The minimum absolute atomic E-state index is 0.0353. The number of rotatable bonds is 8. The van der Waals surface area contributed by atoms with Gasteiger partial charge in [-0.05, 0) is 95.9 Å². The molecular weight excluding hydrogens is 500 g/mol. The maximum Gasteiger partial charge on any atom is 0.278 e. The number of aliphatic hydroxyl groups excluding tert-OH is 1. The molecule has 2 aliphatic rings. The molecule has 1 aromatic heterocycles. The lowest BCUT2D eigenvalue weighted by Crippen LogP contribution is -2.44. The number of ether oxygens (including phenoxy) is 1. The molecular formula is C28H42N6O3S. The van der Waals surface area contributed by atoms with Gasteiger partial charge in [0.1, 0.15) is 5.82 Å². The number of aliphatic hydroxyl groups is 1. The standard InChI is InChI=1S/C28H42N6O3S/c1-26(2,3)33-38-21-8-6-7-20(17-21)30-25(36)23-24(31-22(18-29-23)32-27(4,5)19-35)34-13-9-28(10-14-34)11-15-37-16-12-28/h6-8,17-18,33,35H,9-16,19H2,1-5H3,(H,30,36)(H,31,32). The zero-order chi connectivity index (χ0) is 27.4. The number of piperidine rings is 1. The largest absolute Gasteiger partial charge is 0.394 e. The quantitative estimate of drug-likeness (QED) is 0.353. The summed E-state index contributed by atoms with van der Waals surface area (Å²) in [6.45, 7) is 13.3. The van der Waals surface area contributed by atoms with Crippen LogP contribution in [0.15, 0.2) is 35.4 Å². The van der Waals surface area contributed by atoms with Crippen LogP contribution in [0.4, 0.5) is 17.3 Å². The lowest BCUT2D eigenvalue weighted by Gasteiger charge is -2.44. The van der Waals surface area contributed by atoms with Crippen molar-refractivity contribution in [2.75, 3.05) is 48.4 Å². The number of anilines is 3. The van der Waals surface area contributed by atoms with Gasteiger partial charge in [0, 0.05) is 42.4 Å². The second-order valence-corrected chi connectivity index (χ2v) is 13.0. The zero-order valence-corrected chi connectivity index (χ0v) is 24.1. The Hall–Kier alpha value is -2.40. The highest BCUT2D eigenvalue weighted by Gasteiger charge is 2.37. The molecule has 0 radical (unpaired) electrons. The van der Waals surface area contributed by atoms with Gasteiger partial charge in [-0.25, -0.2) is 9.97 Å². The third-order valence-corrected chi connectivity index (χ3v) is 8.28. The first-order chi connectivity index (χ1) is 18.0. The van der Waals surface area contributed by atoms with Crippen LogP contribution in [0.1, 0.15) is 70.8 Å². The number of carbonyl (C=O) groups is 1. The van der Waals surface area contributed by atoms with Crippen molar-refractivity contribution in [2.24, 2.45) is 5.41 Å². The van der Waals surface area contributed by atoms with Crippen LogP contribution in [0.25, 0.3) is 0 Å². The zero-order valence-electron chi connectivity index (χ0n) is 23.3. The summed E-state index contributed by atoms with van der Waals surface area (Å²) in [4.78, 5) is 26.1. The normalized spacial score (nSPS) is 17.9. The summed E-state index contributed by atoms with van der Waals surface area (Å²) >= 11 is 1.54. The van der Waals surface area contributed by atoms with Gasteiger partial charge in [0.25, 0.3) is 5.91 Å². The number of carbonyl (C=O) groups excluding carboxylic acids is 1. The molecule has 10 heteroatoms. The van der Waals surface area contributed by atoms with E-state index < -0.39 is 5.54 Å². The molecule has 2 aliphatic heterocycles. The van der Waals surface area contributed by atoms with E-state index in [2.05, 4.69) is 46.0 Å². The van der Waals surface area contributed by atoms with Crippen molar-refractivity contribution in [1.29, 1.82) is 0 Å². The highest BCUT2D eigenvalue weighted by atomic mass is 32.2. The third-order valence-electron chi connectivity index (χ3n) is 7.07. The lowest BCUT2D eigenvalue weighted by atomic mass is 9.72. The summed E-state index contributed by atoms with van der Waals surface area (Å²) in [6.07, 6.45) is 5.83.